The maximum Gasteiger partial charge on any atom is 0.226 e. The lowest BCUT2D eigenvalue weighted by Gasteiger charge is -2.05. The van der Waals surface area contributed by atoms with Crippen molar-refractivity contribution in [1.29, 1.82) is 0 Å². The number of para-hydroxylation sites is 1. The van der Waals surface area contributed by atoms with Crippen molar-refractivity contribution in [1.82, 2.24) is 25.2 Å². The molecule has 0 fully saturated rings. The van der Waals surface area contributed by atoms with Crippen LogP contribution in [0.5, 0.6) is 0 Å². The van der Waals surface area contributed by atoms with Gasteiger partial charge in [-0.1, -0.05) is 53.7 Å². The number of nitrogens with zero attached hydrogens (tertiary/aromatic N) is 4. The molecule has 0 aliphatic carbocycles. The molecular formula is C23H23N5O2. The first kappa shape index (κ1) is 19.6. The van der Waals surface area contributed by atoms with Crippen LogP contribution in [0.25, 0.3) is 16.9 Å². The molecule has 0 aliphatic rings. The first-order valence-electron chi connectivity index (χ1n) is 9.94. The zero-order chi connectivity index (χ0) is 20.8. The highest BCUT2D eigenvalue weighted by Gasteiger charge is 2.13. The van der Waals surface area contributed by atoms with Gasteiger partial charge in [-0.3, -0.25) is 4.79 Å². The fraction of sp³-hybridized carbons (Fsp3) is 0.217. The minimum atomic E-state index is -0.0160. The Balaban J connectivity index is 1.43. The number of amides is 1. The molecule has 152 valence electrons. The van der Waals surface area contributed by atoms with E-state index >= 15 is 0 Å². The fourth-order valence-electron chi connectivity index (χ4n) is 3.22. The third kappa shape index (κ3) is 4.81. The van der Waals surface area contributed by atoms with Gasteiger partial charge in [-0.25, -0.2) is 4.68 Å². The average Bonchev–Trinajstić information content (AvgIpc) is 3.40. The molecule has 0 radical (unpaired) electrons. The van der Waals surface area contributed by atoms with Gasteiger partial charge in [0.05, 0.1) is 11.4 Å². The van der Waals surface area contributed by atoms with Crippen LogP contribution in [0.1, 0.15) is 30.1 Å². The van der Waals surface area contributed by atoms with Crippen molar-refractivity contribution in [3.05, 3.63) is 84.1 Å². The highest BCUT2D eigenvalue weighted by molar-refractivity contribution is 5.76. The summed E-state index contributed by atoms with van der Waals surface area (Å²) in [5.41, 5.74) is 3.82. The van der Waals surface area contributed by atoms with E-state index in [2.05, 4.69) is 15.5 Å². The molecule has 2 heterocycles. The second kappa shape index (κ2) is 9.17. The van der Waals surface area contributed by atoms with Crippen molar-refractivity contribution in [3.8, 4) is 16.9 Å². The van der Waals surface area contributed by atoms with Crippen LogP contribution in [-0.2, 0) is 17.8 Å². The van der Waals surface area contributed by atoms with Crippen LogP contribution in [0.15, 0.2) is 71.4 Å². The summed E-state index contributed by atoms with van der Waals surface area (Å²) in [4.78, 5) is 16.5. The first-order valence-corrected chi connectivity index (χ1v) is 9.94. The second-order valence-corrected chi connectivity index (χ2v) is 7.01. The molecule has 0 saturated heterocycles. The molecule has 2 aromatic carbocycles. The number of rotatable bonds is 8. The van der Waals surface area contributed by atoms with E-state index in [1.165, 1.54) is 0 Å². The van der Waals surface area contributed by atoms with Crippen LogP contribution in [0, 0.1) is 6.92 Å². The average molecular weight is 401 g/mol. The molecule has 7 nitrogen and oxygen atoms in total. The van der Waals surface area contributed by atoms with Gasteiger partial charge in [0.2, 0.25) is 11.8 Å². The highest BCUT2D eigenvalue weighted by Crippen LogP contribution is 2.23. The fourth-order valence-corrected chi connectivity index (χ4v) is 3.22. The minimum Gasteiger partial charge on any atom is -0.352 e. The summed E-state index contributed by atoms with van der Waals surface area (Å²) < 4.78 is 6.93. The molecule has 0 unspecified atom stereocenters. The lowest BCUT2D eigenvalue weighted by atomic mass is 10.1. The Morgan fingerprint density at radius 2 is 1.80 bits per heavy atom. The van der Waals surface area contributed by atoms with Crippen LogP contribution < -0.4 is 5.32 Å². The Morgan fingerprint density at radius 1 is 1.07 bits per heavy atom. The van der Waals surface area contributed by atoms with Crippen LogP contribution in [0.2, 0.25) is 0 Å². The molecule has 0 bridgehead atoms. The van der Waals surface area contributed by atoms with E-state index in [9.17, 15) is 4.79 Å². The molecule has 1 N–H and O–H groups in total. The van der Waals surface area contributed by atoms with Gasteiger partial charge in [0, 0.05) is 36.7 Å². The number of hydrogen-bond acceptors (Lipinski definition) is 5. The molecule has 4 rings (SSSR count). The second-order valence-electron chi connectivity index (χ2n) is 7.01. The van der Waals surface area contributed by atoms with E-state index < -0.39 is 0 Å². The van der Waals surface area contributed by atoms with Crippen molar-refractivity contribution < 1.29 is 9.32 Å². The lowest BCUT2D eigenvalue weighted by Crippen LogP contribution is -2.22. The van der Waals surface area contributed by atoms with Gasteiger partial charge in [-0.2, -0.15) is 10.1 Å². The Morgan fingerprint density at radius 3 is 2.50 bits per heavy atom. The minimum absolute atomic E-state index is 0.0160. The number of carbonyl (C=O) groups excluding carboxylic acids is 1. The lowest BCUT2D eigenvalue weighted by molar-refractivity contribution is -0.121. The topological polar surface area (TPSA) is 85.8 Å². The van der Waals surface area contributed by atoms with Crippen molar-refractivity contribution in [2.24, 2.45) is 0 Å². The predicted molar refractivity (Wildman–Crippen MR) is 113 cm³/mol. The summed E-state index contributed by atoms with van der Waals surface area (Å²) in [5.74, 6) is 1.16. The van der Waals surface area contributed by atoms with Gasteiger partial charge in [-0.05, 0) is 25.5 Å². The maximum atomic E-state index is 12.3. The SMILES string of the molecule is Cc1noc(CCCC(=O)NCc2cn(-c3ccccc3)nc2-c2ccccc2)n1. The van der Waals surface area contributed by atoms with Crippen molar-refractivity contribution in [2.75, 3.05) is 0 Å². The third-order valence-electron chi connectivity index (χ3n) is 4.70. The monoisotopic (exact) mass is 401 g/mol. The molecule has 0 atom stereocenters. The summed E-state index contributed by atoms with van der Waals surface area (Å²) >= 11 is 0. The van der Waals surface area contributed by atoms with Gasteiger partial charge in [-0.15, -0.1) is 0 Å². The van der Waals surface area contributed by atoms with Gasteiger partial charge in [0.25, 0.3) is 0 Å². The van der Waals surface area contributed by atoms with Crippen LogP contribution in [0.3, 0.4) is 0 Å². The van der Waals surface area contributed by atoms with E-state index in [1.54, 1.807) is 6.92 Å². The van der Waals surface area contributed by atoms with Crippen molar-refractivity contribution >= 4 is 5.91 Å². The smallest absolute Gasteiger partial charge is 0.226 e. The quantitative estimate of drug-likeness (QED) is 0.484. The van der Waals surface area contributed by atoms with Gasteiger partial charge in [0.15, 0.2) is 5.82 Å². The normalized spacial score (nSPS) is 10.8. The largest absolute Gasteiger partial charge is 0.352 e. The Labute approximate surface area is 174 Å². The van der Waals surface area contributed by atoms with E-state index in [1.807, 2.05) is 71.5 Å². The first-order chi connectivity index (χ1) is 14.7. The van der Waals surface area contributed by atoms with Crippen molar-refractivity contribution in [2.45, 2.75) is 32.7 Å². The summed E-state index contributed by atoms with van der Waals surface area (Å²) in [6, 6.07) is 19.9. The maximum absolute atomic E-state index is 12.3. The van der Waals surface area contributed by atoms with Crippen LogP contribution in [0.4, 0.5) is 0 Å². The summed E-state index contributed by atoms with van der Waals surface area (Å²) in [7, 11) is 0. The zero-order valence-electron chi connectivity index (χ0n) is 16.8. The van der Waals surface area contributed by atoms with E-state index in [0.717, 1.165) is 22.5 Å². The zero-order valence-corrected chi connectivity index (χ0v) is 16.8. The number of hydrogen-bond donors (Lipinski definition) is 1. The molecule has 4 aromatic rings. The molecule has 30 heavy (non-hydrogen) atoms. The van der Waals surface area contributed by atoms with Gasteiger partial charge in [0.1, 0.15) is 0 Å². The third-order valence-corrected chi connectivity index (χ3v) is 4.70. The Hall–Kier alpha value is -3.74. The van der Waals surface area contributed by atoms with E-state index in [0.29, 0.717) is 37.5 Å². The van der Waals surface area contributed by atoms with E-state index in [-0.39, 0.29) is 5.91 Å². The highest BCUT2D eigenvalue weighted by atomic mass is 16.5. The number of carbonyl (C=O) groups is 1. The Kier molecular flexibility index (Phi) is 5.98. The van der Waals surface area contributed by atoms with E-state index in [4.69, 9.17) is 9.62 Å². The molecule has 7 heteroatoms. The number of aryl methyl sites for hydroxylation is 2. The van der Waals surface area contributed by atoms with Crippen molar-refractivity contribution in [3.63, 3.8) is 0 Å². The predicted octanol–water partition coefficient (Wildman–Crippen LogP) is 3.87. The molecule has 0 saturated carbocycles. The number of nitrogens with one attached hydrogen (secondary N) is 1. The van der Waals surface area contributed by atoms with Crippen LogP contribution in [-0.4, -0.2) is 25.8 Å². The van der Waals surface area contributed by atoms with Crippen LogP contribution >= 0.6 is 0 Å². The molecule has 0 aliphatic heterocycles. The summed E-state index contributed by atoms with van der Waals surface area (Å²) in [5, 5.41) is 11.5. The summed E-state index contributed by atoms with van der Waals surface area (Å²) in [6.07, 6.45) is 3.62. The molecule has 2 aromatic heterocycles. The Bertz CT molecular complexity index is 1100. The number of aromatic nitrogens is 4. The summed E-state index contributed by atoms with van der Waals surface area (Å²) in [6.45, 7) is 2.19. The number of benzene rings is 2. The standard InChI is InChI=1S/C23H23N5O2/c1-17-25-22(30-27-17)14-8-13-21(29)24-15-19-16-28(20-11-6-3-7-12-20)26-23(19)18-9-4-2-5-10-18/h2-7,9-12,16H,8,13-15H2,1H3,(H,24,29). The van der Waals surface area contributed by atoms with Gasteiger partial charge < -0.3 is 9.84 Å². The molecule has 0 spiro atoms. The molecule has 1 amide bonds. The molecular weight excluding hydrogens is 378 g/mol. The van der Waals surface area contributed by atoms with Gasteiger partial charge >= 0.3 is 0 Å².